The second-order valence-electron chi connectivity index (χ2n) is 9.21. The Hall–Kier alpha value is -3.31. The summed E-state index contributed by atoms with van der Waals surface area (Å²) < 4.78 is 80.0. The molecule has 0 amide bonds. The van der Waals surface area contributed by atoms with Crippen molar-refractivity contribution in [1.82, 2.24) is 4.31 Å². The molecule has 0 aliphatic carbocycles. The summed E-state index contributed by atoms with van der Waals surface area (Å²) in [6, 6.07) is 23.6. The predicted molar refractivity (Wildman–Crippen MR) is 155 cm³/mol. The molecule has 4 aromatic rings. The van der Waals surface area contributed by atoms with E-state index in [9.17, 15) is 21.8 Å². The molecule has 0 fully saturated rings. The number of para-hydroxylation sites is 1. The maximum absolute atomic E-state index is 14.4. The number of halogens is 3. The molecule has 0 saturated heterocycles. The molecule has 4 rings (SSSR count). The van der Waals surface area contributed by atoms with Crippen molar-refractivity contribution in [3.8, 4) is 22.6 Å². The van der Waals surface area contributed by atoms with Gasteiger partial charge >= 0.3 is 13.3 Å². The van der Waals surface area contributed by atoms with Crippen molar-refractivity contribution in [1.29, 1.82) is 0 Å². The minimum Gasteiger partial charge on any atom is -0.497 e. The fourth-order valence-corrected chi connectivity index (χ4v) is 6.82. The number of ether oxygens (including phenoxy) is 2. The van der Waals surface area contributed by atoms with E-state index in [2.05, 4.69) is 0 Å². The minimum atomic E-state index is -5.87. The molecular weight excluding hydrogens is 611 g/mol. The van der Waals surface area contributed by atoms with Crippen LogP contribution in [0.25, 0.3) is 11.1 Å². The van der Waals surface area contributed by atoms with E-state index in [1.165, 1.54) is 19.2 Å². The Morgan fingerprint density at radius 1 is 0.881 bits per heavy atom. The Bertz CT molecular complexity index is 1730. The molecule has 2 N–H and O–H groups in total. The second-order valence-corrected chi connectivity index (χ2v) is 13.2. The van der Waals surface area contributed by atoms with Crippen molar-refractivity contribution >= 4 is 29.2 Å². The largest absolute Gasteiger partial charge is 0.497 e. The number of methoxy groups -OCH3 is 2. The Labute approximate surface area is 247 Å². The molecule has 0 saturated carbocycles. The maximum atomic E-state index is 14.4. The first-order valence-corrected chi connectivity index (χ1v) is 15.8. The van der Waals surface area contributed by atoms with E-state index in [0.29, 0.717) is 11.3 Å². The average Bonchev–Trinajstić information content (AvgIpc) is 2.96. The highest BCUT2D eigenvalue weighted by Crippen LogP contribution is 2.60. The summed E-state index contributed by atoms with van der Waals surface area (Å²) in [5, 5.41) is -0.617. The first-order valence-electron chi connectivity index (χ1n) is 12.4. The van der Waals surface area contributed by atoms with Gasteiger partial charge in [-0.3, -0.25) is 4.57 Å². The maximum Gasteiger partial charge on any atom is 0.399 e. The number of hydrogen-bond acceptors (Lipinski definition) is 5. The van der Waals surface area contributed by atoms with Crippen LogP contribution in [0.5, 0.6) is 11.5 Å². The van der Waals surface area contributed by atoms with E-state index in [-0.39, 0.29) is 29.3 Å². The van der Waals surface area contributed by atoms with E-state index in [4.69, 9.17) is 30.9 Å². The van der Waals surface area contributed by atoms with E-state index < -0.39 is 33.9 Å². The van der Waals surface area contributed by atoms with Crippen LogP contribution >= 0.6 is 19.2 Å². The molecule has 0 unspecified atom stereocenters. The third-order valence-corrected chi connectivity index (χ3v) is 9.65. The zero-order valence-corrected chi connectivity index (χ0v) is 24.9. The smallest absolute Gasteiger partial charge is 0.399 e. The lowest BCUT2D eigenvalue weighted by Gasteiger charge is -2.25. The third kappa shape index (κ3) is 6.52. The lowest BCUT2D eigenvalue weighted by Crippen LogP contribution is -2.31. The lowest BCUT2D eigenvalue weighted by atomic mass is 9.99. The third-order valence-electron chi connectivity index (χ3n) is 6.53. The Balaban J connectivity index is 1.80. The summed E-state index contributed by atoms with van der Waals surface area (Å²) in [6.45, 7) is -0.431. The van der Waals surface area contributed by atoms with Crippen LogP contribution in [-0.4, -0.2) is 36.7 Å². The number of rotatable bonds is 11. The number of hydrogen-bond donors (Lipinski definition) is 2. The Morgan fingerprint density at radius 3 is 2.14 bits per heavy atom. The zero-order valence-electron chi connectivity index (χ0n) is 22.4. The summed E-state index contributed by atoms with van der Waals surface area (Å²) in [6.07, 6.45) is 0. The second kappa shape index (κ2) is 12.5. The summed E-state index contributed by atoms with van der Waals surface area (Å²) in [5.41, 5.74) is -3.15. The summed E-state index contributed by atoms with van der Waals surface area (Å²) in [4.78, 5) is 18.2. The van der Waals surface area contributed by atoms with Gasteiger partial charge in [0.2, 0.25) is 10.0 Å². The van der Waals surface area contributed by atoms with Gasteiger partial charge in [-0.05, 0) is 52.6 Å². The fraction of sp³-hybridized carbons (Fsp3) is 0.172. The van der Waals surface area contributed by atoms with Gasteiger partial charge in [-0.15, -0.1) is 0 Å². The molecule has 0 spiro atoms. The van der Waals surface area contributed by atoms with Gasteiger partial charge in [0.25, 0.3) is 0 Å². The predicted octanol–water partition coefficient (Wildman–Crippen LogP) is 6.64. The number of benzene rings is 4. The number of sulfonamides is 1. The van der Waals surface area contributed by atoms with Gasteiger partial charge in [-0.2, -0.15) is 13.1 Å². The van der Waals surface area contributed by atoms with Crippen LogP contribution in [0.15, 0.2) is 95.9 Å². The number of alkyl halides is 2. The van der Waals surface area contributed by atoms with E-state index in [1.807, 2.05) is 24.3 Å². The van der Waals surface area contributed by atoms with Gasteiger partial charge in [-0.25, -0.2) is 8.42 Å². The molecule has 42 heavy (non-hydrogen) atoms. The Kier molecular flexibility index (Phi) is 9.42. The number of nitrogens with zero attached hydrogens (tertiary/aromatic N) is 1. The standard InChI is InChI=1S/C29H27ClF2NO7PS/c1-39-23-14-12-21(13-15-23)24-8-4-3-7-22(24)19-33(42(37,38)28-10-6-5-9-27(28)40-2)18-20-11-16-25(26(30)17-20)29(31,32)41(34,35)36/h3-17H,18-19H2,1-2H3,(H2,34,35,36). The van der Waals surface area contributed by atoms with Crippen molar-refractivity contribution in [2.75, 3.05) is 14.2 Å². The topological polar surface area (TPSA) is 113 Å². The Morgan fingerprint density at radius 2 is 1.52 bits per heavy atom. The van der Waals surface area contributed by atoms with E-state index in [1.54, 1.807) is 43.5 Å². The van der Waals surface area contributed by atoms with Crippen LogP contribution < -0.4 is 9.47 Å². The molecule has 0 heterocycles. The molecule has 0 radical (unpaired) electrons. The van der Waals surface area contributed by atoms with Gasteiger partial charge in [-0.1, -0.05) is 72.3 Å². The van der Waals surface area contributed by atoms with Gasteiger partial charge in [0.15, 0.2) is 0 Å². The van der Waals surface area contributed by atoms with E-state index in [0.717, 1.165) is 33.6 Å². The van der Waals surface area contributed by atoms with Gasteiger partial charge in [0.1, 0.15) is 16.4 Å². The normalized spacial score (nSPS) is 12.4. The first kappa shape index (κ1) is 31.6. The zero-order chi connectivity index (χ0) is 30.7. The van der Waals surface area contributed by atoms with Crippen LogP contribution in [0.4, 0.5) is 8.78 Å². The molecule has 222 valence electrons. The van der Waals surface area contributed by atoms with Crippen molar-refractivity contribution in [2.45, 2.75) is 23.6 Å². The quantitative estimate of drug-likeness (QED) is 0.177. The van der Waals surface area contributed by atoms with Crippen LogP contribution in [0.3, 0.4) is 0 Å². The molecular formula is C29H27ClF2NO7PS. The fourth-order valence-electron chi connectivity index (χ4n) is 4.36. The van der Waals surface area contributed by atoms with Crippen molar-refractivity contribution in [2.24, 2.45) is 0 Å². The summed E-state index contributed by atoms with van der Waals surface area (Å²) in [5.74, 6) is 0.766. The van der Waals surface area contributed by atoms with Crippen molar-refractivity contribution < 1.29 is 41.0 Å². The van der Waals surface area contributed by atoms with Gasteiger partial charge in [0, 0.05) is 13.1 Å². The van der Waals surface area contributed by atoms with Crippen molar-refractivity contribution in [3.05, 3.63) is 113 Å². The first-order chi connectivity index (χ1) is 19.8. The molecule has 0 bridgehead atoms. The van der Waals surface area contributed by atoms with Crippen LogP contribution in [0.1, 0.15) is 16.7 Å². The highest BCUT2D eigenvalue weighted by molar-refractivity contribution is 7.89. The average molecular weight is 638 g/mol. The monoisotopic (exact) mass is 637 g/mol. The summed E-state index contributed by atoms with van der Waals surface area (Å²) >= 11 is 6.05. The van der Waals surface area contributed by atoms with E-state index >= 15 is 0 Å². The molecule has 13 heteroatoms. The van der Waals surface area contributed by atoms with Crippen molar-refractivity contribution in [3.63, 3.8) is 0 Å². The molecule has 4 aromatic carbocycles. The lowest BCUT2D eigenvalue weighted by molar-refractivity contribution is 0.0565. The molecule has 0 aromatic heterocycles. The molecule has 8 nitrogen and oxygen atoms in total. The molecule has 0 aliphatic rings. The highest BCUT2D eigenvalue weighted by atomic mass is 35.5. The van der Waals surface area contributed by atoms with Crippen LogP contribution in [-0.2, 0) is 33.3 Å². The minimum absolute atomic E-state index is 0.106. The molecule has 0 atom stereocenters. The SMILES string of the molecule is COc1ccc(-c2ccccc2CN(Cc2ccc(C(F)(F)P(=O)(O)O)c(Cl)c2)S(=O)(=O)c2ccccc2OC)cc1. The van der Waals surface area contributed by atoms with Gasteiger partial charge < -0.3 is 19.3 Å². The molecule has 0 aliphatic heterocycles. The van der Waals surface area contributed by atoms with Crippen LogP contribution in [0, 0.1) is 0 Å². The van der Waals surface area contributed by atoms with Crippen LogP contribution in [0.2, 0.25) is 5.02 Å². The summed E-state index contributed by atoms with van der Waals surface area (Å²) in [7, 11) is -7.22. The van der Waals surface area contributed by atoms with Gasteiger partial charge in [0.05, 0.1) is 24.8 Å². The highest BCUT2D eigenvalue weighted by Gasteiger charge is 2.51.